The van der Waals surface area contributed by atoms with Crippen molar-refractivity contribution in [1.82, 2.24) is 10.3 Å². The van der Waals surface area contributed by atoms with Crippen molar-refractivity contribution in [3.05, 3.63) is 58.5 Å². The number of hydrogen-bond donors (Lipinski definition) is 2. The van der Waals surface area contributed by atoms with Crippen LogP contribution in [0.5, 0.6) is 0 Å². The lowest BCUT2D eigenvalue weighted by atomic mass is 10.2. The summed E-state index contributed by atoms with van der Waals surface area (Å²) in [6.07, 6.45) is 1.32. The Kier molecular flexibility index (Phi) is 3.63. The van der Waals surface area contributed by atoms with E-state index in [1.807, 2.05) is 0 Å². The van der Waals surface area contributed by atoms with Crippen molar-refractivity contribution >= 4 is 23.5 Å². The number of anilines is 1. The molecular formula is C15H11N5O3. The molecule has 114 valence electrons. The lowest BCUT2D eigenvalue weighted by Gasteiger charge is -2.05. The highest BCUT2D eigenvalue weighted by atomic mass is 16.2. The molecule has 0 fully saturated rings. The van der Waals surface area contributed by atoms with Crippen molar-refractivity contribution in [2.24, 2.45) is 9.98 Å². The summed E-state index contributed by atoms with van der Waals surface area (Å²) in [6.45, 7) is 0. The van der Waals surface area contributed by atoms with Crippen molar-refractivity contribution in [3.8, 4) is 0 Å². The normalized spacial score (nSPS) is 12.0. The van der Waals surface area contributed by atoms with Crippen LogP contribution in [0.15, 0.2) is 46.5 Å². The van der Waals surface area contributed by atoms with Crippen molar-refractivity contribution in [1.29, 1.82) is 0 Å². The molecule has 0 spiro atoms. The SMILES string of the molecule is CNC(=O)c1ccc(C(=O)Nc2ccc3c(c2)=NC(=O)N=3)cn1. The Bertz CT molecular complexity index is 935. The predicted octanol–water partition coefficient (Wildman–Crippen LogP) is 0.0663. The van der Waals surface area contributed by atoms with Gasteiger partial charge in [0.1, 0.15) is 5.69 Å². The maximum Gasteiger partial charge on any atom is 0.368 e. The van der Waals surface area contributed by atoms with Crippen molar-refractivity contribution in [2.75, 3.05) is 12.4 Å². The van der Waals surface area contributed by atoms with Gasteiger partial charge < -0.3 is 10.6 Å². The van der Waals surface area contributed by atoms with Gasteiger partial charge in [0.2, 0.25) is 0 Å². The zero-order chi connectivity index (χ0) is 16.4. The number of amides is 4. The first-order valence-corrected chi connectivity index (χ1v) is 6.68. The standard InChI is InChI=1S/C15H11N5O3/c1-16-14(22)11-4-2-8(7-17-11)13(21)18-9-3-5-10-12(6-9)20-15(23)19-10/h2-7H,1H3,(H,16,22)(H,18,21). The van der Waals surface area contributed by atoms with E-state index >= 15 is 0 Å². The van der Waals surface area contributed by atoms with Gasteiger partial charge in [0.05, 0.1) is 16.3 Å². The van der Waals surface area contributed by atoms with Crippen LogP contribution in [0.2, 0.25) is 0 Å². The van der Waals surface area contributed by atoms with E-state index in [0.717, 1.165) is 0 Å². The summed E-state index contributed by atoms with van der Waals surface area (Å²) in [7, 11) is 1.50. The first-order valence-electron chi connectivity index (χ1n) is 6.68. The molecule has 0 bridgehead atoms. The monoisotopic (exact) mass is 309 g/mol. The zero-order valence-electron chi connectivity index (χ0n) is 12.0. The molecule has 1 aromatic heterocycles. The highest BCUT2D eigenvalue weighted by Crippen LogP contribution is 2.07. The summed E-state index contributed by atoms with van der Waals surface area (Å²) < 4.78 is 0. The van der Waals surface area contributed by atoms with Crippen LogP contribution < -0.4 is 21.3 Å². The fourth-order valence-corrected chi connectivity index (χ4v) is 2.01. The second kappa shape index (κ2) is 5.76. The molecule has 0 unspecified atom stereocenters. The molecule has 0 saturated carbocycles. The number of urea groups is 1. The third-order valence-corrected chi connectivity index (χ3v) is 3.15. The Hall–Kier alpha value is -3.42. The number of carbonyl (C=O) groups excluding carboxylic acids is 3. The van der Waals surface area contributed by atoms with Gasteiger partial charge in [0.25, 0.3) is 11.8 Å². The molecule has 1 aromatic carbocycles. The van der Waals surface area contributed by atoms with Crippen LogP contribution in [0.4, 0.5) is 10.5 Å². The average molecular weight is 309 g/mol. The van der Waals surface area contributed by atoms with Crippen molar-refractivity contribution in [3.63, 3.8) is 0 Å². The van der Waals surface area contributed by atoms with Crippen LogP contribution >= 0.6 is 0 Å². The molecule has 3 rings (SSSR count). The Morgan fingerprint density at radius 3 is 2.48 bits per heavy atom. The third kappa shape index (κ3) is 2.95. The number of carbonyl (C=O) groups is 3. The largest absolute Gasteiger partial charge is 0.368 e. The summed E-state index contributed by atoms with van der Waals surface area (Å²) in [4.78, 5) is 46.0. The van der Waals surface area contributed by atoms with Gasteiger partial charge >= 0.3 is 6.03 Å². The molecule has 2 heterocycles. The van der Waals surface area contributed by atoms with Gasteiger partial charge in [-0.1, -0.05) is 0 Å². The highest BCUT2D eigenvalue weighted by Gasteiger charge is 2.11. The Balaban J connectivity index is 1.79. The molecule has 2 aromatic rings. The molecule has 2 N–H and O–H groups in total. The van der Waals surface area contributed by atoms with E-state index in [1.54, 1.807) is 18.2 Å². The van der Waals surface area contributed by atoms with E-state index in [1.165, 1.54) is 25.4 Å². The molecular weight excluding hydrogens is 298 g/mol. The fraction of sp³-hybridized carbons (Fsp3) is 0.0667. The average Bonchev–Trinajstić information content (AvgIpc) is 2.93. The van der Waals surface area contributed by atoms with Gasteiger partial charge in [0.15, 0.2) is 0 Å². The quantitative estimate of drug-likeness (QED) is 0.835. The van der Waals surface area contributed by atoms with E-state index in [0.29, 0.717) is 22.0 Å². The summed E-state index contributed by atoms with van der Waals surface area (Å²) in [5.74, 6) is -0.715. The fourth-order valence-electron chi connectivity index (χ4n) is 2.01. The van der Waals surface area contributed by atoms with E-state index in [4.69, 9.17) is 0 Å². The minimum Gasteiger partial charge on any atom is -0.354 e. The van der Waals surface area contributed by atoms with Crippen molar-refractivity contribution in [2.45, 2.75) is 0 Å². The van der Waals surface area contributed by atoms with E-state index in [-0.39, 0.29) is 17.5 Å². The van der Waals surface area contributed by atoms with E-state index in [2.05, 4.69) is 25.6 Å². The number of benzene rings is 1. The van der Waals surface area contributed by atoms with Gasteiger partial charge in [-0.05, 0) is 30.3 Å². The van der Waals surface area contributed by atoms with Crippen LogP contribution in [0.3, 0.4) is 0 Å². The van der Waals surface area contributed by atoms with Gasteiger partial charge in [-0.2, -0.15) is 9.98 Å². The third-order valence-electron chi connectivity index (χ3n) is 3.15. The number of nitrogens with one attached hydrogen (secondary N) is 2. The van der Waals surface area contributed by atoms with Gasteiger partial charge in [-0.3, -0.25) is 14.6 Å². The van der Waals surface area contributed by atoms with Crippen LogP contribution in [-0.2, 0) is 0 Å². The van der Waals surface area contributed by atoms with E-state index < -0.39 is 6.03 Å². The van der Waals surface area contributed by atoms with Gasteiger partial charge in [-0.25, -0.2) is 4.79 Å². The zero-order valence-corrected chi connectivity index (χ0v) is 12.0. The molecule has 1 aliphatic heterocycles. The van der Waals surface area contributed by atoms with Crippen LogP contribution in [-0.4, -0.2) is 29.9 Å². The molecule has 4 amide bonds. The Morgan fingerprint density at radius 2 is 1.78 bits per heavy atom. The molecule has 23 heavy (non-hydrogen) atoms. The van der Waals surface area contributed by atoms with Crippen molar-refractivity contribution < 1.29 is 14.4 Å². The molecule has 0 atom stereocenters. The minimum absolute atomic E-state index is 0.223. The second-order valence-electron chi connectivity index (χ2n) is 4.68. The molecule has 0 aliphatic carbocycles. The Labute approximate surface area is 130 Å². The molecule has 0 radical (unpaired) electrons. The number of hydrogen-bond acceptors (Lipinski definition) is 4. The number of aromatic nitrogens is 1. The first kappa shape index (κ1) is 14.5. The minimum atomic E-state index is -0.558. The van der Waals surface area contributed by atoms with Gasteiger partial charge in [-0.15, -0.1) is 0 Å². The number of pyridine rings is 1. The highest BCUT2D eigenvalue weighted by molar-refractivity contribution is 6.04. The lowest BCUT2D eigenvalue weighted by Crippen LogP contribution is -2.23. The summed E-state index contributed by atoms with van der Waals surface area (Å²) in [5, 5.41) is 6.02. The summed E-state index contributed by atoms with van der Waals surface area (Å²) in [6, 6.07) is 7.20. The Morgan fingerprint density at radius 1 is 1.00 bits per heavy atom. The van der Waals surface area contributed by atoms with E-state index in [9.17, 15) is 14.4 Å². The topological polar surface area (TPSA) is 113 Å². The maximum atomic E-state index is 12.2. The molecule has 8 heteroatoms. The van der Waals surface area contributed by atoms with Crippen LogP contribution in [0.1, 0.15) is 20.8 Å². The number of fused-ring (bicyclic) bond motifs is 1. The van der Waals surface area contributed by atoms with Crippen LogP contribution in [0, 0.1) is 0 Å². The smallest absolute Gasteiger partial charge is 0.354 e. The van der Waals surface area contributed by atoms with Crippen LogP contribution in [0.25, 0.3) is 0 Å². The molecule has 8 nitrogen and oxygen atoms in total. The number of rotatable bonds is 3. The molecule has 1 aliphatic rings. The lowest BCUT2D eigenvalue weighted by molar-refractivity contribution is 0.0955. The summed E-state index contributed by atoms with van der Waals surface area (Å²) >= 11 is 0. The second-order valence-corrected chi connectivity index (χ2v) is 4.68. The maximum absolute atomic E-state index is 12.2. The molecule has 0 saturated heterocycles. The van der Waals surface area contributed by atoms with Gasteiger partial charge in [0, 0.05) is 18.9 Å². The first-order chi connectivity index (χ1) is 11.1. The summed E-state index contributed by atoms with van der Waals surface area (Å²) in [5.41, 5.74) is 1.01. The number of nitrogens with zero attached hydrogens (tertiary/aromatic N) is 3. The predicted molar refractivity (Wildman–Crippen MR) is 79.7 cm³/mol.